The third kappa shape index (κ3) is 1.41. The molecule has 0 aromatic heterocycles. The van der Waals surface area contributed by atoms with Crippen LogP contribution in [-0.2, 0) is 0 Å². The first-order chi connectivity index (χ1) is 6.76. The summed E-state index contributed by atoms with van der Waals surface area (Å²) in [6.07, 6.45) is 3.54. The molecular formula is C13H14O. The van der Waals surface area contributed by atoms with Gasteiger partial charge in [0.05, 0.1) is 5.60 Å². The molecule has 1 saturated carbocycles. The Labute approximate surface area is 84.4 Å². The average Bonchev–Trinajstić information content (AvgIpc) is 2.18. The van der Waals surface area contributed by atoms with Crippen LogP contribution in [0.5, 0.6) is 0 Å². The molecule has 1 aliphatic rings. The molecule has 72 valence electrons. The van der Waals surface area contributed by atoms with Crippen LogP contribution in [0.2, 0.25) is 0 Å². The molecule has 1 nitrogen and oxygen atoms in total. The zero-order valence-electron chi connectivity index (χ0n) is 8.11. The van der Waals surface area contributed by atoms with E-state index >= 15 is 0 Å². The fourth-order valence-corrected chi connectivity index (χ4v) is 2.07. The van der Waals surface area contributed by atoms with Crippen LogP contribution in [0.1, 0.15) is 24.3 Å². The van der Waals surface area contributed by atoms with Gasteiger partial charge in [-0.1, -0.05) is 36.9 Å². The lowest BCUT2D eigenvalue weighted by Crippen LogP contribution is -2.43. The van der Waals surface area contributed by atoms with Crippen molar-refractivity contribution in [2.45, 2.75) is 24.4 Å². The van der Waals surface area contributed by atoms with E-state index in [1.54, 1.807) is 6.08 Å². The van der Waals surface area contributed by atoms with Crippen molar-refractivity contribution < 1.29 is 5.11 Å². The molecular weight excluding hydrogens is 172 g/mol. The Hall–Kier alpha value is -1.30. The minimum absolute atomic E-state index is 0.220. The van der Waals surface area contributed by atoms with Gasteiger partial charge in [0.25, 0.3) is 0 Å². The molecule has 0 bridgehead atoms. The van der Waals surface area contributed by atoms with E-state index in [0.717, 1.165) is 12.8 Å². The Bertz CT molecular complexity index is 362. The number of aliphatic hydroxyl groups is 1. The lowest BCUT2D eigenvalue weighted by molar-refractivity contribution is -0.0124. The van der Waals surface area contributed by atoms with E-state index in [1.807, 2.05) is 18.2 Å². The summed E-state index contributed by atoms with van der Waals surface area (Å²) in [6.45, 7) is 3.52. The highest BCUT2D eigenvalue weighted by Gasteiger charge is 2.43. The van der Waals surface area contributed by atoms with E-state index in [0.29, 0.717) is 0 Å². The summed E-state index contributed by atoms with van der Waals surface area (Å²) in [5, 5.41) is 10.2. The van der Waals surface area contributed by atoms with E-state index in [9.17, 15) is 5.11 Å². The van der Waals surface area contributed by atoms with Crippen LogP contribution in [0.15, 0.2) is 48.7 Å². The van der Waals surface area contributed by atoms with Gasteiger partial charge in [0.1, 0.15) is 0 Å². The summed E-state index contributed by atoms with van der Waals surface area (Å²) in [5.41, 5.74) is 3.18. The second kappa shape index (κ2) is 3.45. The van der Waals surface area contributed by atoms with Gasteiger partial charge in [0, 0.05) is 5.92 Å². The molecule has 1 aliphatic carbocycles. The van der Waals surface area contributed by atoms with Crippen LogP contribution in [-0.4, -0.2) is 10.7 Å². The van der Waals surface area contributed by atoms with Gasteiger partial charge < -0.3 is 5.11 Å². The first kappa shape index (κ1) is 9.26. The zero-order valence-corrected chi connectivity index (χ0v) is 8.11. The van der Waals surface area contributed by atoms with E-state index in [-0.39, 0.29) is 5.92 Å². The second-order valence-electron chi connectivity index (χ2n) is 3.84. The van der Waals surface area contributed by atoms with Crippen molar-refractivity contribution in [1.82, 2.24) is 0 Å². The molecule has 1 heteroatoms. The summed E-state index contributed by atoms with van der Waals surface area (Å²) in [4.78, 5) is 0. The highest BCUT2D eigenvalue weighted by Crippen LogP contribution is 2.46. The topological polar surface area (TPSA) is 20.2 Å². The highest BCUT2D eigenvalue weighted by atomic mass is 16.3. The van der Waals surface area contributed by atoms with Crippen LogP contribution < -0.4 is 0 Å². The molecule has 0 saturated heterocycles. The van der Waals surface area contributed by atoms with E-state index in [2.05, 4.69) is 24.4 Å². The Kier molecular flexibility index (Phi) is 2.28. The molecule has 0 amide bonds. The molecule has 0 unspecified atom stereocenters. The Morgan fingerprint density at radius 1 is 1.43 bits per heavy atom. The van der Waals surface area contributed by atoms with Crippen molar-refractivity contribution in [2.75, 3.05) is 0 Å². The lowest BCUT2D eigenvalue weighted by Gasteiger charge is -2.43. The first-order valence-electron chi connectivity index (χ1n) is 4.90. The monoisotopic (exact) mass is 186 g/mol. The number of benzene rings is 1. The summed E-state index contributed by atoms with van der Waals surface area (Å²) in [7, 11) is 0. The van der Waals surface area contributed by atoms with Crippen molar-refractivity contribution in [2.24, 2.45) is 0 Å². The maximum atomic E-state index is 10.2. The predicted molar refractivity (Wildman–Crippen MR) is 57.1 cm³/mol. The highest BCUT2D eigenvalue weighted by molar-refractivity contribution is 5.29. The van der Waals surface area contributed by atoms with Gasteiger partial charge >= 0.3 is 0 Å². The van der Waals surface area contributed by atoms with E-state index in [1.165, 1.54) is 5.56 Å². The second-order valence-corrected chi connectivity index (χ2v) is 3.84. The molecule has 0 heterocycles. The lowest BCUT2D eigenvalue weighted by atomic mass is 9.66. The summed E-state index contributed by atoms with van der Waals surface area (Å²) < 4.78 is 0. The SMILES string of the molecule is C=C=C[C@]1(O)CC[C@H]1c1ccccc1. The number of rotatable bonds is 2. The molecule has 14 heavy (non-hydrogen) atoms. The molecule has 1 aromatic rings. The quantitative estimate of drug-likeness (QED) is 0.704. The van der Waals surface area contributed by atoms with Crippen LogP contribution >= 0.6 is 0 Å². The van der Waals surface area contributed by atoms with Crippen molar-refractivity contribution in [3.8, 4) is 0 Å². The first-order valence-corrected chi connectivity index (χ1v) is 4.90. The molecule has 1 aromatic carbocycles. The fraction of sp³-hybridized carbons (Fsp3) is 0.308. The van der Waals surface area contributed by atoms with Gasteiger partial charge in [-0.3, -0.25) is 0 Å². The predicted octanol–water partition coefficient (Wildman–Crippen LogP) is 2.64. The minimum atomic E-state index is -0.705. The minimum Gasteiger partial charge on any atom is -0.385 e. The van der Waals surface area contributed by atoms with E-state index < -0.39 is 5.60 Å². The molecule has 2 atom stereocenters. The zero-order chi connectivity index (χ0) is 10.0. The van der Waals surface area contributed by atoms with Gasteiger partial charge in [0.15, 0.2) is 0 Å². The third-order valence-corrected chi connectivity index (χ3v) is 2.99. The number of hydrogen-bond acceptors (Lipinski definition) is 1. The van der Waals surface area contributed by atoms with Crippen LogP contribution in [0.25, 0.3) is 0 Å². The molecule has 1 N–H and O–H groups in total. The van der Waals surface area contributed by atoms with Crippen LogP contribution in [0.4, 0.5) is 0 Å². The van der Waals surface area contributed by atoms with Gasteiger partial charge in [0.2, 0.25) is 0 Å². The summed E-state index contributed by atoms with van der Waals surface area (Å²) in [6, 6.07) is 10.1. The van der Waals surface area contributed by atoms with Crippen LogP contribution in [0, 0.1) is 0 Å². The van der Waals surface area contributed by atoms with Crippen LogP contribution in [0.3, 0.4) is 0 Å². The van der Waals surface area contributed by atoms with Crippen molar-refractivity contribution in [1.29, 1.82) is 0 Å². The smallest absolute Gasteiger partial charge is 0.0969 e. The van der Waals surface area contributed by atoms with Gasteiger partial charge in [-0.05, 0) is 24.5 Å². The summed E-state index contributed by atoms with van der Waals surface area (Å²) in [5.74, 6) is 0.220. The molecule has 1 fully saturated rings. The van der Waals surface area contributed by atoms with Gasteiger partial charge in [-0.2, -0.15) is 0 Å². The third-order valence-electron chi connectivity index (χ3n) is 2.99. The van der Waals surface area contributed by atoms with Gasteiger partial charge in [-0.15, -0.1) is 5.73 Å². The summed E-state index contributed by atoms with van der Waals surface area (Å²) >= 11 is 0. The Morgan fingerprint density at radius 2 is 2.14 bits per heavy atom. The average molecular weight is 186 g/mol. The van der Waals surface area contributed by atoms with Crippen molar-refractivity contribution in [3.63, 3.8) is 0 Å². The maximum absolute atomic E-state index is 10.2. The van der Waals surface area contributed by atoms with Gasteiger partial charge in [-0.25, -0.2) is 0 Å². The fourth-order valence-electron chi connectivity index (χ4n) is 2.07. The largest absolute Gasteiger partial charge is 0.385 e. The number of hydrogen-bond donors (Lipinski definition) is 1. The maximum Gasteiger partial charge on any atom is 0.0969 e. The molecule has 0 spiro atoms. The molecule has 0 aliphatic heterocycles. The normalized spacial score (nSPS) is 30.2. The van der Waals surface area contributed by atoms with E-state index in [4.69, 9.17) is 0 Å². The Balaban J connectivity index is 2.26. The Morgan fingerprint density at radius 3 is 2.64 bits per heavy atom. The molecule has 0 radical (unpaired) electrons. The standard InChI is InChI=1S/C13H14O/c1-2-9-13(14)10-8-12(13)11-6-4-3-5-7-11/h3-7,9,12,14H,1,8,10H2/t12-,13-/m0/s1. The van der Waals surface area contributed by atoms with Crippen molar-refractivity contribution in [3.05, 3.63) is 54.3 Å². The van der Waals surface area contributed by atoms with Crippen molar-refractivity contribution >= 4 is 0 Å². The molecule has 2 rings (SSSR count).